The minimum Gasteiger partial charge on any atom is -0.491 e. The lowest BCUT2D eigenvalue weighted by atomic mass is 10.0. The molecule has 0 saturated heterocycles. The molecule has 5 nitrogen and oxygen atoms in total. The Kier molecular flexibility index (Phi) is 7.10. The number of ether oxygens (including phenoxy) is 1. The van der Waals surface area contributed by atoms with Crippen molar-refractivity contribution in [1.29, 1.82) is 0 Å². The third kappa shape index (κ3) is 5.96. The normalized spacial score (nSPS) is 14.1. The minimum absolute atomic E-state index is 0. The summed E-state index contributed by atoms with van der Waals surface area (Å²) in [4.78, 5) is 4.32. The van der Waals surface area contributed by atoms with Crippen molar-refractivity contribution in [3.63, 3.8) is 0 Å². The minimum atomic E-state index is -0.456. The number of nitrogens with zero attached hydrogens (tertiary/aromatic N) is 1. The molecule has 0 radical (unpaired) electrons. The van der Waals surface area contributed by atoms with Crippen molar-refractivity contribution in [3.05, 3.63) is 59.7 Å². The van der Waals surface area contributed by atoms with Gasteiger partial charge in [-0.2, -0.15) is 0 Å². The zero-order valence-electron chi connectivity index (χ0n) is 14.2. The molecule has 1 heterocycles. The highest BCUT2D eigenvalue weighted by molar-refractivity contribution is 5.94. The van der Waals surface area contributed by atoms with Gasteiger partial charge in [-0.25, -0.2) is 0 Å². The number of guanidine groups is 1. The summed E-state index contributed by atoms with van der Waals surface area (Å²) in [6.45, 7) is 3.75. The first-order valence-electron chi connectivity index (χ1n) is 8.23. The number of rotatable bonds is 6. The van der Waals surface area contributed by atoms with E-state index in [0.717, 1.165) is 36.9 Å². The van der Waals surface area contributed by atoms with Crippen molar-refractivity contribution < 1.29 is 9.84 Å². The molecule has 2 aromatic carbocycles. The van der Waals surface area contributed by atoms with E-state index < -0.39 is 6.10 Å². The molecule has 6 heteroatoms. The van der Waals surface area contributed by atoms with Gasteiger partial charge in [0.2, 0.25) is 0 Å². The van der Waals surface area contributed by atoms with Gasteiger partial charge >= 0.3 is 0 Å². The lowest BCUT2D eigenvalue weighted by molar-refractivity contribution is 0.122. The molecule has 2 aromatic rings. The van der Waals surface area contributed by atoms with Crippen LogP contribution in [0, 0.1) is 0 Å². The van der Waals surface area contributed by atoms with E-state index in [4.69, 9.17) is 4.74 Å². The second-order valence-corrected chi connectivity index (χ2v) is 5.96. The predicted molar refractivity (Wildman–Crippen MR) is 104 cm³/mol. The van der Waals surface area contributed by atoms with Crippen LogP contribution >= 0.6 is 12.4 Å². The Morgan fingerprint density at radius 2 is 1.76 bits per heavy atom. The number of benzene rings is 2. The molecule has 25 heavy (non-hydrogen) atoms. The first-order valence-corrected chi connectivity index (χ1v) is 8.23. The van der Waals surface area contributed by atoms with Crippen LogP contribution in [-0.4, -0.2) is 36.9 Å². The van der Waals surface area contributed by atoms with Crippen LogP contribution in [0.2, 0.25) is 0 Å². The SMILES string of the molecule is CC(O)COc1ccc(Cc2ccc(NC3=NCCN3)cc2)cc1.Cl. The zero-order chi connectivity index (χ0) is 16.8. The fourth-order valence-corrected chi connectivity index (χ4v) is 2.48. The summed E-state index contributed by atoms with van der Waals surface area (Å²) in [6, 6.07) is 16.4. The maximum Gasteiger partial charge on any atom is 0.195 e. The number of halogens is 1. The third-order valence-corrected chi connectivity index (χ3v) is 3.71. The second kappa shape index (κ2) is 9.30. The van der Waals surface area contributed by atoms with E-state index in [0.29, 0.717) is 6.61 Å². The van der Waals surface area contributed by atoms with Gasteiger partial charge in [-0.15, -0.1) is 12.4 Å². The summed E-state index contributed by atoms with van der Waals surface area (Å²) in [5.41, 5.74) is 3.51. The Hall–Kier alpha value is -2.24. The van der Waals surface area contributed by atoms with Crippen molar-refractivity contribution in [2.75, 3.05) is 25.0 Å². The van der Waals surface area contributed by atoms with Gasteiger partial charge in [0.05, 0.1) is 12.6 Å². The van der Waals surface area contributed by atoms with Gasteiger partial charge in [-0.3, -0.25) is 4.99 Å². The average Bonchev–Trinajstić information content (AvgIpc) is 3.09. The molecule has 1 atom stereocenters. The number of hydrogen-bond donors (Lipinski definition) is 3. The first kappa shape index (κ1) is 19.1. The average molecular weight is 362 g/mol. The van der Waals surface area contributed by atoms with Crippen LogP contribution in [0.1, 0.15) is 18.1 Å². The lowest BCUT2D eigenvalue weighted by Gasteiger charge is -2.10. The van der Waals surface area contributed by atoms with Crippen molar-refractivity contribution in [2.45, 2.75) is 19.4 Å². The Morgan fingerprint density at radius 3 is 2.32 bits per heavy atom. The van der Waals surface area contributed by atoms with Crippen LogP contribution in [0.3, 0.4) is 0 Å². The van der Waals surface area contributed by atoms with E-state index >= 15 is 0 Å². The maximum atomic E-state index is 9.23. The van der Waals surface area contributed by atoms with Crippen molar-refractivity contribution in [2.24, 2.45) is 4.99 Å². The summed E-state index contributed by atoms with van der Waals surface area (Å²) in [5.74, 6) is 1.62. The number of hydrogen-bond acceptors (Lipinski definition) is 5. The van der Waals surface area contributed by atoms with Gasteiger partial charge < -0.3 is 20.5 Å². The highest BCUT2D eigenvalue weighted by Gasteiger charge is 2.05. The molecule has 1 aliphatic rings. The largest absolute Gasteiger partial charge is 0.491 e. The number of aliphatic imine (C=N–C) groups is 1. The number of anilines is 1. The van der Waals surface area contributed by atoms with E-state index in [1.54, 1.807) is 6.92 Å². The van der Waals surface area contributed by atoms with Gasteiger partial charge in [0, 0.05) is 12.2 Å². The van der Waals surface area contributed by atoms with Crippen molar-refractivity contribution in [1.82, 2.24) is 5.32 Å². The van der Waals surface area contributed by atoms with Crippen LogP contribution in [0.5, 0.6) is 5.75 Å². The number of aliphatic hydroxyl groups excluding tert-OH is 1. The fraction of sp³-hybridized carbons (Fsp3) is 0.316. The fourth-order valence-electron chi connectivity index (χ4n) is 2.48. The maximum absolute atomic E-state index is 9.23. The summed E-state index contributed by atoms with van der Waals surface area (Å²) in [7, 11) is 0. The summed E-state index contributed by atoms with van der Waals surface area (Å²) < 4.78 is 5.48. The Labute approximate surface area is 154 Å². The molecular formula is C19H24ClN3O2. The molecule has 3 rings (SSSR count). The predicted octanol–water partition coefficient (Wildman–Crippen LogP) is 2.83. The third-order valence-electron chi connectivity index (χ3n) is 3.71. The van der Waals surface area contributed by atoms with Crippen molar-refractivity contribution in [3.8, 4) is 5.75 Å². The molecule has 134 valence electrons. The molecule has 0 bridgehead atoms. The highest BCUT2D eigenvalue weighted by Crippen LogP contribution is 2.17. The molecule has 0 saturated carbocycles. The Bertz CT molecular complexity index is 685. The lowest BCUT2D eigenvalue weighted by Crippen LogP contribution is -2.26. The molecule has 0 aliphatic carbocycles. The van der Waals surface area contributed by atoms with E-state index in [1.807, 2.05) is 12.1 Å². The molecule has 3 N–H and O–H groups in total. The molecule has 0 aromatic heterocycles. The van der Waals surface area contributed by atoms with E-state index in [2.05, 4.69) is 52.0 Å². The van der Waals surface area contributed by atoms with E-state index in [9.17, 15) is 5.11 Å². The monoisotopic (exact) mass is 361 g/mol. The van der Waals surface area contributed by atoms with Gasteiger partial charge in [-0.1, -0.05) is 24.3 Å². The van der Waals surface area contributed by atoms with Crippen molar-refractivity contribution >= 4 is 24.1 Å². The molecule has 0 spiro atoms. The molecule has 0 amide bonds. The molecule has 1 unspecified atom stereocenters. The highest BCUT2D eigenvalue weighted by atomic mass is 35.5. The van der Waals surface area contributed by atoms with Gasteiger partial charge in [0.25, 0.3) is 0 Å². The smallest absolute Gasteiger partial charge is 0.195 e. The van der Waals surface area contributed by atoms with E-state index in [-0.39, 0.29) is 12.4 Å². The first-order chi connectivity index (χ1) is 11.7. The van der Waals surface area contributed by atoms with Crippen LogP contribution in [0.4, 0.5) is 5.69 Å². The van der Waals surface area contributed by atoms with Crippen LogP contribution < -0.4 is 15.4 Å². The van der Waals surface area contributed by atoms with E-state index in [1.165, 1.54) is 11.1 Å². The standard InChI is InChI=1S/C19H23N3O2.ClH/c1-14(23)13-24-18-8-4-16(5-9-18)12-15-2-6-17(7-3-15)22-19-20-10-11-21-19;/h2-9,14,23H,10-13H2,1H3,(H2,20,21,22);1H. The second-order valence-electron chi connectivity index (χ2n) is 5.96. The summed E-state index contributed by atoms with van der Waals surface area (Å²) in [6.07, 6.45) is 0.415. The van der Waals surface area contributed by atoms with Crippen LogP contribution in [0.15, 0.2) is 53.5 Å². The van der Waals surface area contributed by atoms with Crippen LogP contribution in [0.25, 0.3) is 0 Å². The summed E-state index contributed by atoms with van der Waals surface area (Å²) >= 11 is 0. The zero-order valence-corrected chi connectivity index (χ0v) is 15.1. The molecular weight excluding hydrogens is 338 g/mol. The van der Waals surface area contributed by atoms with Gasteiger partial charge in [0.15, 0.2) is 5.96 Å². The molecule has 0 fully saturated rings. The Balaban J connectivity index is 0.00000225. The number of nitrogens with one attached hydrogen (secondary N) is 2. The van der Waals surface area contributed by atoms with Gasteiger partial charge in [-0.05, 0) is 48.7 Å². The Morgan fingerprint density at radius 1 is 1.12 bits per heavy atom. The topological polar surface area (TPSA) is 65.9 Å². The van der Waals surface area contributed by atoms with Gasteiger partial charge in [0.1, 0.15) is 12.4 Å². The molecule has 1 aliphatic heterocycles. The number of aliphatic hydroxyl groups is 1. The summed E-state index contributed by atoms with van der Waals surface area (Å²) in [5, 5.41) is 15.7. The van der Waals surface area contributed by atoms with Crippen LogP contribution in [-0.2, 0) is 6.42 Å². The quantitative estimate of drug-likeness (QED) is 0.740.